The van der Waals surface area contributed by atoms with Gasteiger partial charge in [-0.05, 0) is 43.5 Å². The number of nitrogens with two attached hydrogens (primary N) is 1. The van der Waals surface area contributed by atoms with E-state index >= 15 is 0 Å². The molecule has 5 rings (SSSR count). The molecule has 1 atom stereocenters. The lowest BCUT2D eigenvalue weighted by molar-refractivity contribution is 0.579. The molecule has 4 aromatic rings. The Balaban J connectivity index is 1.65. The Morgan fingerprint density at radius 3 is 2.75 bits per heavy atom. The molecule has 8 nitrogen and oxygen atoms in total. The van der Waals surface area contributed by atoms with Crippen molar-refractivity contribution in [3.05, 3.63) is 70.1 Å². The van der Waals surface area contributed by atoms with E-state index < -0.39 is 0 Å². The predicted octanol–water partition coefficient (Wildman–Crippen LogP) is 4.38. The van der Waals surface area contributed by atoms with Crippen LogP contribution in [0.3, 0.4) is 0 Å². The molecule has 0 amide bonds. The van der Waals surface area contributed by atoms with Crippen LogP contribution in [0.2, 0.25) is 5.02 Å². The Labute approximate surface area is 189 Å². The van der Waals surface area contributed by atoms with Gasteiger partial charge in [-0.2, -0.15) is 0 Å². The van der Waals surface area contributed by atoms with Crippen molar-refractivity contribution in [2.45, 2.75) is 38.3 Å². The van der Waals surface area contributed by atoms with Gasteiger partial charge in [-0.25, -0.2) is 15.0 Å². The van der Waals surface area contributed by atoms with Gasteiger partial charge in [-0.15, -0.1) is 0 Å². The molecule has 1 aromatic carbocycles. The zero-order valence-electron chi connectivity index (χ0n) is 17.5. The van der Waals surface area contributed by atoms with Crippen LogP contribution < -0.4 is 16.6 Å². The van der Waals surface area contributed by atoms with Crippen LogP contribution >= 0.6 is 11.6 Å². The van der Waals surface area contributed by atoms with E-state index in [9.17, 15) is 4.79 Å². The van der Waals surface area contributed by atoms with Crippen molar-refractivity contribution < 1.29 is 0 Å². The molecule has 3 N–H and O–H groups in total. The number of pyridine rings is 1. The zero-order valence-corrected chi connectivity index (χ0v) is 18.3. The SMILES string of the molecule is CC[C@H](Nc1ncnc(N)c1-c1ccccn1)c1nc2cccc(Cl)c2c(=O)n1C1CC1. The number of rotatable bonds is 6. The first-order valence-electron chi connectivity index (χ1n) is 10.6. The zero-order chi connectivity index (χ0) is 22.2. The van der Waals surface area contributed by atoms with E-state index in [1.807, 2.05) is 31.2 Å². The van der Waals surface area contributed by atoms with Crippen molar-refractivity contribution in [2.75, 3.05) is 11.1 Å². The maximum Gasteiger partial charge on any atom is 0.263 e. The van der Waals surface area contributed by atoms with Crippen molar-refractivity contribution in [1.29, 1.82) is 0 Å². The van der Waals surface area contributed by atoms with E-state index in [0.29, 0.717) is 51.1 Å². The number of aromatic nitrogens is 5. The van der Waals surface area contributed by atoms with Crippen LogP contribution in [-0.4, -0.2) is 24.5 Å². The molecule has 1 fully saturated rings. The van der Waals surface area contributed by atoms with Crippen LogP contribution in [-0.2, 0) is 0 Å². The monoisotopic (exact) mass is 447 g/mol. The summed E-state index contributed by atoms with van der Waals surface area (Å²) in [5.41, 5.74) is 7.96. The number of nitrogens with zero attached hydrogens (tertiary/aromatic N) is 5. The number of hydrogen-bond donors (Lipinski definition) is 2. The summed E-state index contributed by atoms with van der Waals surface area (Å²) in [6.45, 7) is 2.04. The fourth-order valence-electron chi connectivity index (χ4n) is 3.94. The fourth-order valence-corrected chi connectivity index (χ4v) is 4.19. The molecule has 1 aliphatic carbocycles. The third-order valence-electron chi connectivity index (χ3n) is 5.65. The molecule has 0 aliphatic heterocycles. The Hall–Kier alpha value is -3.52. The molecular formula is C23H22ClN7O. The summed E-state index contributed by atoms with van der Waals surface area (Å²) in [7, 11) is 0. The first-order valence-corrected chi connectivity index (χ1v) is 10.9. The van der Waals surface area contributed by atoms with Gasteiger partial charge in [0.2, 0.25) is 0 Å². The average Bonchev–Trinajstić information content (AvgIpc) is 3.63. The number of anilines is 2. The first kappa shape index (κ1) is 20.4. The van der Waals surface area contributed by atoms with Crippen molar-refractivity contribution in [3.63, 3.8) is 0 Å². The molecule has 0 unspecified atom stereocenters. The standard InChI is InChI=1S/C23H22ClN7O/c1-2-15(29-21-19(20(25)27-12-28-21)16-7-3-4-11-26-16)22-30-17-8-5-6-14(24)18(17)23(32)31(22)13-9-10-13/h3-8,11-13,15H,2,9-10H2,1H3,(H3,25,27,28,29)/t15-/m0/s1. The van der Waals surface area contributed by atoms with Gasteiger partial charge in [0.05, 0.1) is 33.2 Å². The Bertz CT molecular complexity index is 1350. The molecule has 3 aromatic heterocycles. The van der Waals surface area contributed by atoms with Crippen LogP contribution in [0.25, 0.3) is 22.2 Å². The van der Waals surface area contributed by atoms with Gasteiger partial charge in [0.15, 0.2) is 0 Å². The normalized spacial score (nSPS) is 14.4. The lowest BCUT2D eigenvalue weighted by Gasteiger charge is -2.23. The summed E-state index contributed by atoms with van der Waals surface area (Å²) in [5.74, 6) is 1.54. The quantitative estimate of drug-likeness (QED) is 0.451. The van der Waals surface area contributed by atoms with Crippen LogP contribution in [0.15, 0.2) is 53.7 Å². The minimum atomic E-state index is -0.275. The number of hydrogen-bond acceptors (Lipinski definition) is 7. The van der Waals surface area contributed by atoms with E-state index in [1.165, 1.54) is 6.33 Å². The van der Waals surface area contributed by atoms with Crippen LogP contribution in [0, 0.1) is 0 Å². The number of nitrogens with one attached hydrogen (secondary N) is 1. The van der Waals surface area contributed by atoms with Crippen molar-refractivity contribution in [1.82, 2.24) is 24.5 Å². The molecule has 3 heterocycles. The minimum Gasteiger partial charge on any atom is -0.383 e. The highest BCUT2D eigenvalue weighted by molar-refractivity contribution is 6.35. The Morgan fingerprint density at radius 2 is 2.03 bits per heavy atom. The highest BCUT2D eigenvalue weighted by Crippen LogP contribution is 2.38. The maximum atomic E-state index is 13.4. The van der Waals surface area contributed by atoms with E-state index in [1.54, 1.807) is 22.9 Å². The molecular weight excluding hydrogens is 426 g/mol. The highest BCUT2D eigenvalue weighted by atomic mass is 35.5. The Kier molecular flexibility index (Phi) is 5.22. The molecule has 9 heteroatoms. The van der Waals surface area contributed by atoms with Gasteiger partial charge in [-0.1, -0.05) is 30.7 Å². The van der Waals surface area contributed by atoms with Crippen LogP contribution in [0.5, 0.6) is 0 Å². The molecule has 32 heavy (non-hydrogen) atoms. The molecule has 1 aliphatic rings. The minimum absolute atomic E-state index is 0.106. The lowest BCUT2D eigenvalue weighted by atomic mass is 10.1. The van der Waals surface area contributed by atoms with Crippen molar-refractivity contribution in [2.24, 2.45) is 0 Å². The molecule has 0 saturated heterocycles. The Morgan fingerprint density at radius 1 is 1.19 bits per heavy atom. The van der Waals surface area contributed by atoms with Gasteiger partial charge in [-0.3, -0.25) is 14.3 Å². The second-order valence-electron chi connectivity index (χ2n) is 7.81. The summed E-state index contributed by atoms with van der Waals surface area (Å²) < 4.78 is 1.79. The largest absolute Gasteiger partial charge is 0.383 e. The molecule has 162 valence electrons. The van der Waals surface area contributed by atoms with Gasteiger partial charge < -0.3 is 11.1 Å². The average molecular weight is 448 g/mol. The summed E-state index contributed by atoms with van der Waals surface area (Å²) in [4.78, 5) is 31.3. The summed E-state index contributed by atoms with van der Waals surface area (Å²) in [5, 5.41) is 4.33. The molecule has 0 bridgehead atoms. The molecule has 0 spiro atoms. The topological polar surface area (TPSA) is 112 Å². The van der Waals surface area contributed by atoms with Crippen LogP contribution in [0.1, 0.15) is 44.1 Å². The van der Waals surface area contributed by atoms with E-state index in [-0.39, 0.29) is 17.6 Å². The second-order valence-corrected chi connectivity index (χ2v) is 8.22. The third kappa shape index (κ3) is 3.56. The van der Waals surface area contributed by atoms with E-state index in [2.05, 4.69) is 20.3 Å². The first-order chi connectivity index (χ1) is 15.6. The van der Waals surface area contributed by atoms with Gasteiger partial charge in [0.1, 0.15) is 23.8 Å². The van der Waals surface area contributed by atoms with Gasteiger partial charge in [0.25, 0.3) is 5.56 Å². The predicted molar refractivity (Wildman–Crippen MR) is 126 cm³/mol. The van der Waals surface area contributed by atoms with Gasteiger partial charge in [0, 0.05) is 12.2 Å². The van der Waals surface area contributed by atoms with E-state index in [0.717, 1.165) is 12.8 Å². The number of fused-ring (bicyclic) bond motifs is 1. The van der Waals surface area contributed by atoms with E-state index in [4.69, 9.17) is 22.3 Å². The van der Waals surface area contributed by atoms with Crippen molar-refractivity contribution in [3.8, 4) is 11.3 Å². The van der Waals surface area contributed by atoms with Gasteiger partial charge >= 0.3 is 0 Å². The third-order valence-corrected chi connectivity index (χ3v) is 5.96. The van der Waals surface area contributed by atoms with Crippen molar-refractivity contribution >= 4 is 34.1 Å². The smallest absolute Gasteiger partial charge is 0.263 e. The van der Waals surface area contributed by atoms with Crippen LogP contribution in [0.4, 0.5) is 11.6 Å². The summed E-state index contributed by atoms with van der Waals surface area (Å²) in [6.07, 6.45) is 5.68. The molecule has 0 radical (unpaired) electrons. The number of halogens is 1. The maximum absolute atomic E-state index is 13.4. The highest BCUT2D eigenvalue weighted by Gasteiger charge is 2.31. The lowest BCUT2D eigenvalue weighted by Crippen LogP contribution is -2.29. The summed E-state index contributed by atoms with van der Waals surface area (Å²) in [6, 6.07) is 10.8. The summed E-state index contributed by atoms with van der Waals surface area (Å²) >= 11 is 6.35. The number of nitrogen functional groups attached to an aromatic ring is 1. The molecule has 1 saturated carbocycles. The number of benzene rings is 1. The fraction of sp³-hybridized carbons (Fsp3) is 0.261. The second kappa shape index (κ2) is 8.20.